The number of pyridine rings is 1. The highest BCUT2D eigenvalue weighted by molar-refractivity contribution is 9.10. The minimum absolute atomic E-state index is 0.150. The largest absolute Gasteiger partial charge is 0.314 e. The first-order valence-electron chi connectivity index (χ1n) is 5.34. The molecule has 0 unspecified atom stereocenters. The number of benzene rings is 1. The highest BCUT2D eigenvalue weighted by Crippen LogP contribution is 2.27. The van der Waals surface area contributed by atoms with E-state index in [2.05, 4.69) is 26.2 Å². The lowest BCUT2D eigenvalue weighted by Crippen LogP contribution is -2.14. The van der Waals surface area contributed by atoms with Gasteiger partial charge in [-0.1, -0.05) is 6.07 Å². The average molecular weight is 340 g/mol. The molecule has 0 spiro atoms. The highest BCUT2D eigenvalue weighted by atomic mass is 79.9. The number of anilines is 1. The van der Waals surface area contributed by atoms with Crippen molar-refractivity contribution in [2.75, 3.05) is 5.32 Å². The number of nitrogens with zero attached hydrogens (tertiary/aromatic N) is 2. The number of para-hydroxylation sites is 1. The molecule has 2 rings (SSSR count). The van der Waals surface area contributed by atoms with E-state index in [0.717, 1.165) is 12.1 Å². The lowest BCUT2D eigenvalue weighted by Gasteiger charge is -2.07. The van der Waals surface area contributed by atoms with Gasteiger partial charge in [-0.25, -0.2) is 4.39 Å². The van der Waals surface area contributed by atoms with Crippen molar-refractivity contribution in [1.29, 1.82) is 0 Å². The third kappa shape index (κ3) is 2.97. The first-order valence-corrected chi connectivity index (χ1v) is 6.13. The molecule has 1 aromatic carbocycles. The molecule has 0 fully saturated rings. The minimum atomic E-state index is -0.879. The monoisotopic (exact) mass is 339 g/mol. The second kappa shape index (κ2) is 5.74. The second-order valence-electron chi connectivity index (χ2n) is 3.74. The Labute approximate surface area is 120 Å². The lowest BCUT2D eigenvalue weighted by atomic mass is 10.2. The van der Waals surface area contributed by atoms with Gasteiger partial charge in [-0.15, -0.1) is 0 Å². The van der Waals surface area contributed by atoms with Gasteiger partial charge in [0.1, 0.15) is 0 Å². The summed E-state index contributed by atoms with van der Waals surface area (Å²) in [5.41, 5.74) is -0.833. The van der Waals surface area contributed by atoms with Gasteiger partial charge in [0.2, 0.25) is 0 Å². The molecule has 6 nitrogen and oxygen atoms in total. The first kappa shape index (κ1) is 14.1. The summed E-state index contributed by atoms with van der Waals surface area (Å²) in [6.07, 6.45) is 2.75. The highest BCUT2D eigenvalue weighted by Gasteiger charge is 2.20. The number of carbonyl (C=O) groups is 1. The summed E-state index contributed by atoms with van der Waals surface area (Å²) >= 11 is 3.14. The number of rotatable bonds is 3. The fourth-order valence-electron chi connectivity index (χ4n) is 1.51. The summed E-state index contributed by atoms with van der Waals surface area (Å²) in [7, 11) is 0. The summed E-state index contributed by atoms with van der Waals surface area (Å²) < 4.78 is 14.2. The van der Waals surface area contributed by atoms with E-state index in [1.54, 1.807) is 0 Å². The molecule has 0 aliphatic rings. The standard InChI is InChI=1S/C12H7BrFN3O3/c13-8-4-7(5-15-6-8)12(18)16-11-9(14)2-1-3-10(11)17(19)20/h1-6H,(H,16,18). The fourth-order valence-corrected chi connectivity index (χ4v) is 1.88. The fraction of sp³-hybridized carbons (Fsp3) is 0. The first-order chi connectivity index (χ1) is 9.49. The molecule has 1 amide bonds. The number of hydrogen-bond donors (Lipinski definition) is 1. The Balaban J connectivity index is 2.35. The van der Waals surface area contributed by atoms with Crippen LogP contribution in [0, 0.1) is 15.9 Å². The minimum Gasteiger partial charge on any atom is -0.314 e. The molecule has 20 heavy (non-hydrogen) atoms. The molecule has 8 heteroatoms. The zero-order valence-corrected chi connectivity index (χ0v) is 11.4. The Morgan fingerprint density at radius 3 is 2.80 bits per heavy atom. The number of nitrogens with one attached hydrogen (secondary N) is 1. The van der Waals surface area contributed by atoms with E-state index in [1.165, 1.54) is 24.5 Å². The van der Waals surface area contributed by atoms with Gasteiger partial charge in [-0.3, -0.25) is 19.9 Å². The van der Waals surface area contributed by atoms with Gasteiger partial charge in [-0.2, -0.15) is 0 Å². The Morgan fingerprint density at radius 2 is 2.15 bits per heavy atom. The predicted octanol–water partition coefficient (Wildman–Crippen LogP) is 3.14. The van der Waals surface area contributed by atoms with Crippen molar-refractivity contribution in [2.45, 2.75) is 0 Å². The van der Waals surface area contributed by atoms with E-state index < -0.39 is 28.0 Å². The SMILES string of the molecule is O=C(Nc1c(F)cccc1[N+](=O)[O-])c1cncc(Br)c1. The van der Waals surface area contributed by atoms with Crippen molar-refractivity contribution in [3.8, 4) is 0 Å². The molecule has 0 atom stereocenters. The average Bonchev–Trinajstić information content (AvgIpc) is 2.40. The van der Waals surface area contributed by atoms with E-state index >= 15 is 0 Å². The molecular weight excluding hydrogens is 333 g/mol. The van der Waals surface area contributed by atoms with Crippen LogP contribution >= 0.6 is 15.9 Å². The van der Waals surface area contributed by atoms with Crippen molar-refractivity contribution in [2.24, 2.45) is 0 Å². The summed E-state index contributed by atoms with van der Waals surface area (Å²) in [6.45, 7) is 0. The van der Waals surface area contributed by atoms with Gasteiger partial charge in [-0.05, 0) is 28.1 Å². The molecule has 0 radical (unpaired) electrons. The molecule has 0 aliphatic carbocycles. The van der Waals surface area contributed by atoms with Crippen LogP contribution in [-0.2, 0) is 0 Å². The number of halogens is 2. The molecule has 1 heterocycles. The van der Waals surface area contributed by atoms with Crippen molar-refractivity contribution < 1.29 is 14.1 Å². The number of aromatic nitrogens is 1. The normalized spacial score (nSPS) is 10.1. The van der Waals surface area contributed by atoms with E-state index in [9.17, 15) is 19.3 Å². The van der Waals surface area contributed by atoms with Crippen LogP contribution in [-0.4, -0.2) is 15.8 Å². The van der Waals surface area contributed by atoms with Crippen molar-refractivity contribution in [3.63, 3.8) is 0 Å². The van der Waals surface area contributed by atoms with Crippen LogP contribution in [0.4, 0.5) is 15.8 Å². The summed E-state index contributed by atoms with van der Waals surface area (Å²) in [6, 6.07) is 4.80. The molecule has 1 aromatic heterocycles. The maximum absolute atomic E-state index is 13.6. The van der Waals surface area contributed by atoms with E-state index in [4.69, 9.17) is 0 Å². The molecule has 1 N–H and O–H groups in total. The third-order valence-electron chi connectivity index (χ3n) is 2.39. The van der Waals surface area contributed by atoms with E-state index in [0.29, 0.717) is 4.47 Å². The predicted molar refractivity (Wildman–Crippen MR) is 72.9 cm³/mol. The summed E-state index contributed by atoms with van der Waals surface area (Å²) in [4.78, 5) is 25.8. The molecule has 102 valence electrons. The van der Waals surface area contributed by atoms with Crippen molar-refractivity contribution in [3.05, 3.63) is 62.6 Å². The van der Waals surface area contributed by atoms with Gasteiger partial charge in [0, 0.05) is 22.9 Å². The zero-order valence-electron chi connectivity index (χ0n) is 9.84. The summed E-state index contributed by atoms with van der Waals surface area (Å²) in [5, 5.41) is 13.0. The number of carbonyl (C=O) groups excluding carboxylic acids is 1. The van der Waals surface area contributed by atoms with Crippen molar-refractivity contribution in [1.82, 2.24) is 4.98 Å². The molecule has 0 aliphatic heterocycles. The molecule has 0 saturated carbocycles. The van der Waals surface area contributed by atoms with Gasteiger partial charge in [0.15, 0.2) is 11.5 Å². The van der Waals surface area contributed by atoms with Crippen LogP contribution < -0.4 is 5.32 Å². The topological polar surface area (TPSA) is 85.1 Å². The molecule has 0 bridgehead atoms. The number of hydrogen-bond acceptors (Lipinski definition) is 4. The van der Waals surface area contributed by atoms with Crippen molar-refractivity contribution >= 4 is 33.2 Å². The van der Waals surface area contributed by atoms with Gasteiger partial charge < -0.3 is 5.32 Å². The van der Waals surface area contributed by atoms with Crippen LogP contribution in [0.2, 0.25) is 0 Å². The molecular formula is C12H7BrFN3O3. The van der Waals surface area contributed by atoms with Crippen LogP contribution in [0.5, 0.6) is 0 Å². The molecule has 2 aromatic rings. The van der Waals surface area contributed by atoms with E-state index in [-0.39, 0.29) is 5.56 Å². The smallest absolute Gasteiger partial charge is 0.295 e. The van der Waals surface area contributed by atoms with Crippen LogP contribution in [0.15, 0.2) is 41.1 Å². The van der Waals surface area contributed by atoms with Gasteiger partial charge in [0.05, 0.1) is 10.5 Å². The van der Waals surface area contributed by atoms with Crippen LogP contribution in [0.25, 0.3) is 0 Å². The number of nitro groups is 1. The number of amides is 1. The Morgan fingerprint density at radius 1 is 1.40 bits per heavy atom. The van der Waals surface area contributed by atoms with Crippen LogP contribution in [0.3, 0.4) is 0 Å². The Hall–Kier alpha value is -2.35. The Kier molecular flexibility index (Phi) is 4.04. The maximum atomic E-state index is 13.6. The molecule has 0 saturated heterocycles. The maximum Gasteiger partial charge on any atom is 0.295 e. The van der Waals surface area contributed by atoms with Gasteiger partial charge >= 0.3 is 0 Å². The second-order valence-corrected chi connectivity index (χ2v) is 4.65. The third-order valence-corrected chi connectivity index (χ3v) is 2.83. The van der Waals surface area contributed by atoms with Crippen LogP contribution in [0.1, 0.15) is 10.4 Å². The van der Waals surface area contributed by atoms with Gasteiger partial charge in [0.25, 0.3) is 11.6 Å². The summed E-state index contributed by atoms with van der Waals surface area (Å²) in [5.74, 6) is -1.57. The van der Waals surface area contributed by atoms with E-state index in [1.807, 2.05) is 0 Å². The zero-order chi connectivity index (χ0) is 14.7. The quantitative estimate of drug-likeness (QED) is 0.687. The number of nitro benzene ring substituents is 1. The lowest BCUT2D eigenvalue weighted by molar-refractivity contribution is -0.384. The Bertz CT molecular complexity index is 693.